The molecule has 0 radical (unpaired) electrons. The van der Waals surface area contributed by atoms with Crippen LogP contribution in [0.2, 0.25) is 0 Å². The van der Waals surface area contributed by atoms with Crippen molar-refractivity contribution in [1.82, 2.24) is 4.98 Å². The minimum absolute atomic E-state index is 0.0972. The first-order valence-corrected chi connectivity index (χ1v) is 5.50. The number of hydrogen-bond acceptors (Lipinski definition) is 2. The summed E-state index contributed by atoms with van der Waals surface area (Å²) in [5, 5.41) is 0. The van der Waals surface area contributed by atoms with Gasteiger partial charge in [0.1, 0.15) is 0 Å². The van der Waals surface area contributed by atoms with Crippen LogP contribution in [0.15, 0.2) is 18.3 Å². The number of halogens is 3. The van der Waals surface area contributed by atoms with Crippen molar-refractivity contribution in [2.24, 2.45) is 5.73 Å². The maximum atomic E-state index is 12.9. The first kappa shape index (κ1) is 12.4. The summed E-state index contributed by atoms with van der Waals surface area (Å²) in [7, 11) is 0. The van der Waals surface area contributed by atoms with Gasteiger partial charge in [-0.1, -0.05) is 0 Å². The van der Waals surface area contributed by atoms with Crippen LogP contribution >= 0.6 is 0 Å². The highest BCUT2D eigenvalue weighted by molar-refractivity contribution is 5.38. The summed E-state index contributed by atoms with van der Waals surface area (Å²) < 4.78 is 38.7. The van der Waals surface area contributed by atoms with Crippen LogP contribution in [0.1, 0.15) is 37.9 Å². The molecule has 2 nitrogen and oxygen atoms in total. The van der Waals surface area contributed by atoms with Crippen molar-refractivity contribution in [2.75, 3.05) is 0 Å². The highest BCUT2D eigenvalue weighted by Crippen LogP contribution is 2.56. The Balaban J connectivity index is 2.55. The molecule has 1 aliphatic carbocycles. The van der Waals surface area contributed by atoms with Crippen molar-refractivity contribution in [3.8, 4) is 0 Å². The average molecular weight is 244 g/mol. The molecule has 0 atom stereocenters. The fourth-order valence-corrected chi connectivity index (χ4v) is 2.33. The zero-order valence-corrected chi connectivity index (χ0v) is 9.80. The maximum absolute atomic E-state index is 12.9. The summed E-state index contributed by atoms with van der Waals surface area (Å²) in [6, 6.07) is 2.39. The highest BCUT2D eigenvalue weighted by Gasteiger charge is 2.57. The lowest BCUT2D eigenvalue weighted by molar-refractivity contribution is -0.139. The average Bonchev–Trinajstić information content (AvgIpc) is 2.95. The largest absolute Gasteiger partial charge is 0.418 e. The Bertz CT molecular complexity index is 428. The van der Waals surface area contributed by atoms with Gasteiger partial charge in [0.05, 0.1) is 11.3 Å². The van der Waals surface area contributed by atoms with Crippen molar-refractivity contribution in [3.63, 3.8) is 0 Å². The third-order valence-electron chi connectivity index (χ3n) is 3.55. The lowest BCUT2D eigenvalue weighted by Crippen LogP contribution is -2.46. The van der Waals surface area contributed by atoms with Gasteiger partial charge in [-0.05, 0) is 38.8 Å². The lowest BCUT2D eigenvalue weighted by Gasteiger charge is -2.32. The zero-order valence-electron chi connectivity index (χ0n) is 9.80. The van der Waals surface area contributed by atoms with Crippen LogP contribution in [-0.4, -0.2) is 10.5 Å². The Hall–Kier alpha value is -1.10. The number of nitrogens with zero attached hydrogens (tertiary/aromatic N) is 1. The second-order valence-corrected chi connectivity index (χ2v) is 5.20. The second kappa shape index (κ2) is 3.45. The summed E-state index contributed by atoms with van der Waals surface area (Å²) in [4.78, 5) is 3.95. The Morgan fingerprint density at radius 2 is 1.88 bits per heavy atom. The summed E-state index contributed by atoms with van der Waals surface area (Å²) >= 11 is 0. The predicted molar refractivity (Wildman–Crippen MR) is 58.4 cm³/mol. The fourth-order valence-electron chi connectivity index (χ4n) is 2.33. The third-order valence-corrected chi connectivity index (χ3v) is 3.55. The van der Waals surface area contributed by atoms with E-state index in [0.29, 0.717) is 12.8 Å². The molecule has 1 heterocycles. The van der Waals surface area contributed by atoms with Crippen LogP contribution in [0, 0.1) is 0 Å². The van der Waals surface area contributed by atoms with Gasteiger partial charge in [0, 0.05) is 17.2 Å². The molecule has 0 unspecified atom stereocenters. The van der Waals surface area contributed by atoms with Crippen LogP contribution < -0.4 is 5.73 Å². The molecule has 1 aliphatic rings. The molecule has 1 saturated carbocycles. The monoisotopic (exact) mass is 244 g/mol. The van der Waals surface area contributed by atoms with Crippen LogP contribution in [0.3, 0.4) is 0 Å². The quantitative estimate of drug-likeness (QED) is 0.868. The summed E-state index contributed by atoms with van der Waals surface area (Å²) in [5.41, 5.74) is 4.13. The summed E-state index contributed by atoms with van der Waals surface area (Å²) in [5.74, 6) is 0. The van der Waals surface area contributed by atoms with E-state index in [4.69, 9.17) is 5.73 Å². The van der Waals surface area contributed by atoms with Crippen LogP contribution in [-0.2, 0) is 11.6 Å². The normalized spacial score (nSPS) is 19.2. The Labute approximate surface area is 98.0 Å². The molecular formula is C12H15F3N2. The maximum Gasteiger partial charge on any atom is 0.418 e. The van der Waals surface area contributed by atoms with Gasteiger partial charge in [-0.3, -0.25) is 4.98 Å². The summed E-state index contributed by atoms with van der Waals surface area (Å²) in [6.07, 6.45) is -1.64. The van der Waals surface area contributed by atoms with E-state index in [1.54, 1.807) is 13.8 Å². The Morgan fingerprint density at radius 3 is 2.29 bits per heavy atom. The predicted octanol–water partition coefficient (Wildman–Crippen LogP) is 2.87. The molecule has 17 heavy (non-hydrogen) atoms. The molecule has 1 aromatic rings. The van der Waals surface area contributed by atoms with Crippen molar-refractivity contribution >= 4 is 0 Å². The van der Waals surface area contributed by atoms with Crippen molar-refractivity contribution in [1.29, 1.82) is 0 Å². The first-order chi connectivity index (χ1) is 7.68. The van der Waals surface area contributed by atoms with Crippen molar-refractivity contribution in [3.05, 3.63) is 29.6 Å². The minimum Gasteiger partial charge on any atom is -0.325 e. The van der Waals surface area contributed by atoms with Gasteiger partial charge in [-0.25, -0.2) is 0 Å². The van der Waals surface area contributed by atoms with E-state index in [0.717, 1.165) is 6.07 Å². The van der Waals surface area contributed by atoms with E-state index in [1.807, 2.05) is 0 Å². The number of rotatable bonds is 2. The van der Waals surface area contributed by atoms with Gasteiger partial charge < -0.3 is 5.73 Å². The van der Waals surface area contributed by atoms with E-state index in [2.05, 4.69) is 4.98 Å². The number of pyridine rings is 1. The second-order valence-electron chi connectivity index (χ2n) is 5.20. The number of nitrogens with two attached hydrogens (primary N) is 1. The number of alkyl halides is 3. The molecule has 0 aromatic carbocycles. The van der Waals surface area contributed by atoms with Crippen molar-refractivity contribution in [2.45, 2.75) is 43.8 Å². The number of hydrogen-bond donors (Lipinski definition) is 1. The van der Waals surface area contributed by atoms with Crippen LogP contribution in [0.5, 0.6) is 0 Å². The van der Waals surface area contributed by atoms with Gasteiger partial charge in [0.25, 0.3) is 0 Å². The van der Waals surface area contributed by atoms with E-state index in [1.165, 1.54) is 12.3 Å². The topological polar surface area (TPSA) is 38.9 Å². The molecular weight excluding hydrogens is 229 g/mol. The summed E-state index contributed by atoms with van der Waals surface area (Å²) in [6.45, 7) is 3.52. The van der Waals surface area contributed by atoms with E-state index < -0.39 is 22.7 Å². The molecule has 0 amide bonds. The van der Waals surface area contributed by atoms with Gasteiger partial charge in [0.15, 0.2) is 0 Å². The zero-order chi connectivity index (χ0) is 12.9. The molecule has 0 saturated heterocycles. The van der Waals surface area contributed by atoms with Gasteiger partial charge >= 0.3 is 6.18 Å². The molecule has 0 spiro atoms. The molecule has 0 bridgehead atoms. The smallest absolute Gasteiger partial charge is 0.325 e. The van der Waals surface area contributed by atoms with E-state index in [9.17, 15) is 13.2 Å². The molecule has 94 valence electrons. The number of aromatic nitrogens is 1. The molecule has 1 aromatic heterocycles. The fraction of sp³-hybridized carbons (Fsp3) is 0.583. The minimum atomic E-state index is -4.37. The molecule has 0 aliphatic heterocycles. The van der Waals surface area contributed by atoms with Gasteiger partial charge in [0.2, 0.25) is 0 Å². The van der Waals surface area contributed by atoms with E-state index >= 15 is 0 Å². The van der Waals surface area contributed by atoms with Crippen LogP contribution in [0.4, 0.5) is 13.2 Å². The van der Waals surface area contributed by atoms with Crippen molar-refractivity contribution < 1.29 is 13.2 Å². The standard InChI is InChI=1S/C12H15F3N2/c1-10(2,16)11(5-6-11)9-8(12(13,14)15)4-3-7-17-9/h3-4,7H,5-6,16H2,1-2H3. The molecule has 2 rings (SSSR count). The molecule has 5 heteroatoms. The molecule has 1 fully saturated rings. The molecule has 2 N–H and O–H groups in total. The Morgan fingerprint density at radius 1 is 1.29 bits per heavy atom. The third kappa shape index (κ3) is 1.92. The highest BCUT2D eigenvalue weighted by atomic mass is 19.4. The Kier molecular flexibility index (Phi) is 2.51. The SMILES string of the molecule is CC(C)(N)C1(c2ncccc2C(F)(F)F)CC1. The van der Waals surface area contributed by atoms with Gasteiger partial charge in [-0.2, -0.15) is 13.2 Å². The first-order valence-electron chi connectivity index (χ1n) is 5.50. The lowest BCUT2D eigenvalue weighted by atomic mass is 9.80. The van der Waals surface area contributed by atoms with E-state index in [-0.39, 0.29) is 5.69 Å². The van der Waals surface area contributed by atoms with Gasteiger partial charge in [-0.15, -0.1) is 0 Å². The van der Waals surface area contributed by atoms with Crippen LogP contribution in [0.25, 0.3) is 0 Å².